The highest BCUT2D eigenvalue weighted by Gasteiger charge is 2.11. The van der Waals surface area contributed by atoms with Gasteiger partial charge in [0.05, 0.1) is 19.3 Å². The van der Waals surface area contributed by atoms with E-state index in [1.165, 1.54) is 0 Å². The molecule has 0 radical (unpaired) electrons. The van der Waals surface area contributed by atoms with Gasteiger partial charge in [-0.05, 0) is 37.6 Å². The van der Waals surface area contributed by atoms with Crippen LogP contribution in [0.2, 0.25) is 5.02 Å². The van der Waals surface area contributed by atoms with Crippen molar-refractivity contribution in [1.82, 2.24) is 15.5 Å². The Balaban J connectivity index is 1.61. The molecule has 0 bridgehead atoms. The maximum absolute atomic E-state index is 11.9. The molecule has 1 saturated heterocycles. The van der Waals surface area contributed by atoms with Crippen molar-refractivity contribution in [2.24, 2.45) is 0 Å². The molecule has 1 fully saturated rings. The standard InChI is InChI=1S/C16H24ClN3O2/c1-13(14-3-5-15(17)6-4-14)19-16(21)18-7-2-8-20-9-11-22-12-10-20/h3-6,13H,2,7-12H2,1H3,(H2,18,19,21). The lowest BCUT2D eigenvalue weighted by atomic mass is 10.1. The quantitative estimate of drug-likeness (QED) is 0.790. The number of carbonyl (C=O) groups is 1. The van der Waals surface area contributed by atoms with Crippen LogP contribution in [0.4, 0.5) is 4.79 Å². The van der Waals surface area contributed by atoms with E-state index in [4.69, 9.17) is 16.3 Å². The van der Waals surface area contributed by atoms with Gasteiger partial charge in [0.15, 0.2) is 0 Å². The van der Waals surface area contributed by atoms with E-state index in [0.29, 0.717) is 11.6 Å². The van der Waals surface area contributed by atoms with E-state index in [0.717, 1.165) is 44.8 Å². The Labute approximate surface area is 137 Å². The molecule has 1 unspecified atom stereocenters. The molecular formula is C16H24ClN3O2. The fourth-order valence-electron chi connectivity index (χ4n) is 2.41. The number of halogens is 1. The molecular weight excluding hydrogens is 302 g/mol. The first-order valence-electron chi connectivity index (χ1n) is 7.75. The topological polar surface area (TPSA) is 53.6 Å². The van der Waals surface area contributed by atoms with Crippen LogP contribution in [0, 0.1) is 0 Å². The molecule has 0 spiro atoms. The molecule has 6 heteroatoms. The zero-order valence-electron chi connectivity index (χ0n) is 13.0. The van der Waals surface area contributed by atoms with E-state index < -0.39 is 0 Å². The molecule has 122 valence electrons. The summed E-state index contributed by atoms with van der Waals surface area (Å²) in [4.78, 5) is 14.2. The number of rotatable bonds is 6. The first-order chi connectivity index (χ1) is 10.6. The number of amides is 2. The van der Waals surface area contributed by atoms with Gasteiger partial charge in [-0.1, -0.05) is 23.7 Å². The van der Waals surface area contributed by atoms with Crippen molar-refractivity contribution in [1.29, 1.82) is 0 Å². The largest absolute Gasteiger partial charge is 0.379 e. The zero-order chi connectivity index (χ0) is 15.8. The van der Waals surface area contributed by atoms with Crippen molar-refractivity contribution in [2.45, 2.75) is 19.4 Å². The molecule has 0 aromatic heterocycles. The third-order valence-electron chi connectivity index (χ3n) is 3.76. The molecule has 1 atom stereocenters. The number of urea groups is 1. The highest BCUT2D eigenvalue weighted by atomic mass is 35.5. The normalized spacial score (nSPS) is 17.0. The molecule has 1 aliphatic rings. The predicted molar refractivity (Wildman–Crippen MR) is 88.3 cm³/mol. The molecule has 0 saturated carbocycles. The molecule has 0 aliphatic carbocycles. The van der Waals surface area contributed by atoms with Crippen LogP contribution >= 0.6 is 11.6 Å². The lowest BCUT2D eigenvalue weighted by Crippen LogP contribution is -2.40. The first kappa shape index (κ1) is 17.1. The van der Waals surface area contributed by atoms with Crippen LogP contribution in [0.5, 0.6) is 0 Å². The average Bonchev–Trinajstić information content (AvgIpc) is 2.53. The van der Waals surface area contributed by atoms with Gasteiger partial charge >= 0.3 is 6.03 Å². The summed E-state index contributed by atoms with van der Waals surface area (Å²) in [7, 11) is 0. The summed E-state index contributed by atoms with van der Waals surface area (Å²) < 4.78 is 5.31. The molecule has 2 rings (SSSR count). The van der Waals surface area contributed by atoms with E-state index in [1.54, 1.807) is 0 Å². The lowest BCUT2D eigenvalue weighted by Gasteiger charge is -2.26. The van der Waals surface area contributed by atoms with Crippen LogP contribution in [0.1, 0.15) is 24.9 Å². The first-order valence-corrected chi connectivity index (χ1v) is 8.13. The SMILES string of the molecule is CC(NC(=O)NCCCN1CCOCC1)c1ccc(Cl)cc1. The fraction of sp³-hybridized carbons (Fsp3) is 0.562. The van der Waals surface area contributed by atoms with Crippen molar-refractivity contribution in [3.8, 4) is 0 Å². The second-order valence-electron chi connectivity index (χ2n) is 5.48. The maximum Gasteiger partial charge on any atom is 0.315 e. The Morgan fingerprint density at radius 3 is 2.68 bits per heavy atom. The number of carbonyl (C=O) groups excluding carboxylic acids is 1. The Morgan fingerprint density at radius 2 is 2.00 bits per heavy atom. The van der Waals surface area contributed by atoms with Gasteiger partial charge in [-0.25, -0.2) is 4.79 Å². The zero-order valence-corrected chi connectivity index (χ0v) is 13.7. The number of morpholine rings is 1. The fourth-order valence-corrected chi connectivity index (χ4v) is 2.54. The van der Waals surface area contributed by atoms with Crippen LogP contribution < -0.4 is 10.6 Å². The molecule has 1 aliphatic heterocycles. The highest BCUT2D eigenvalue weighted by Crippen LogP contribution is 2.15. The van der Waals surface area contributed by atoms with E-state index in [-0.39, 0.29) is 12.1 Å². The minimum Gasteiger partial charge on any atom is -0.379 e. The van der Waals surface area contributed by atoms with Crippen LogP contribution in [0.25, 0.3) is 0 Å². The number of hydrogen-bond donors (Lipinski definition) is 2. The van der Waals surface area contributed by atoms with Gasteiger partial charge in [0.1, 0.15) is 0 Å². The number of ether oxygens (including phenoxy) is 1. The summed E-state index contributed by atoms with van der Waals surface area (Å²) in [5.41, 5.74) is 1.04. The van der Waals surface area contributed by atoms with E-state index in [2.05, 4.69) is 15.5 Å². The minimum absolute atomic E-state index is 0.0449. The lowest BCUT2D eigenvalue weighted by molar-refractivity contribution is 0.0375. The van der Waals surface area contributed by atoms with Gasteiger partial charge in [0.25, 0.3) is 0 Å². The van der Waals surface area contributed by atoms with Crippen molar-refractivity contribution in [3.63, 3.8) is 0 Å². The molecule has 2 N–H and O–H groups in total. The van der Waals surface area contributed by atoms with Crippen LogP contribution in [-0.2, 0) is 4.74 Å². The number of benzene rings is 1. The van der Waals surface area contributed by atoms with Crippen molar-refractivity contribution in [2.75, 3.05) is 39.4 Å². The third-order valence-corrected chi connectivity index (χ3v) is 4.01. The summed E-state index contributed by atoms with van der Waals surface area (Å²) >= 11 is 5.86. The van der Waals surface area contributed by atoms with Gasteiger partial charge in [-0.15, -0.1) is 0 Å². The Hall–Kier alpha value is -1.30. The minimum atomic E-state index is -0.135. The van der Waals surface area contributed by atoms with Crippen LogP contribution in [-0.4, -0.2) is 50.3 Å². The molecule has 5 nitrogen and oxygen atoms in total. The maximum atomic E-state index is 11.9. The Kier molecular flexibility index (Phi) is 6.96. The number of nitrogens with one attached hydrogen (secondary N) is 2. The Bertz CT molecular complexity index is 461. The molecule has 22 heavy (non-hydrogen) atoms. The summed E-state index contributed by atoms with van der Waals surface area (Å²) in [6.07, 6.45) is 0.947. The number of hydrogen-bond acceptors (Lipinski definition) is 3. The Morgan fingerprint density at radius 1 is 1.32 bits per heavy atom. The van der Waals surface area contributed by atoms with Gasteiger partial charge in [-0.2, -0.15) is 0 Å². The average molecular weight is 326 g/mol. The number of nitrogens with zero attached hydrogens (tertiary/aromatic N) is 1. The van der Waals surface area contributed by atoms with Gasteiger partial charge in [0, 0.05) is 24.7 Å². The van der Waals surface area contributed by atoms with Crippen molar-refractivity contribution < 1.29 is 9.53 Å². The van der Waals surface area contributed by atoms with Crippen LogP contribution in [0.3, 0.4) is 0 Å². The second-order valence-corrected chi connectivity index (χ2v) is 5.92. The van der Waals surface area contributed by atoms with E-state index in [9.17, 15) is 4.79 Å². The summed E-state index contributed by atoms with van der Waals surface area (Å²) in [5.74, 6) is 0. The van der Waals surface area contributed by atoms with Gasteiger partial charge in [0.2, 0.25) is 0 Å². The molecule has 2 amide bonds. The van der Waals surface area contributed by atoms with Gasteiger partial charge < -0.3 is 15.4 Å². The van der Waals surface area contributed by atoms with Crippen molar-refractivity contribution in [3.05, 3.63) is 34.9 Å². The monoisotopic (exact) mass is 325 g/mol. The summed E-state index contributed by atoms with van der Waals surface area (Å²) in [6.45, 7) is 7.22. The molecule has 1 heterocycles. The third kappa shape index (κ3) is 5.83. The summed E-state index contributed by atoms with van der Waals surface area (Å²) in [6, 6.07) is 7.32. The van der Waals surface area contributed by atoms with E-state index >= 15 is 0 Å². The summed E-state index contributed by atoms with van der Waals surface area (Å²) in [5, 5.41) is 6.53. The molecule has 1 aromatic carbocycles. The van der Waals surface area contributed by atoms with E-state index in [1.807, 2.05) is 31.2 Å². The van der Waals surface area contributed by atoms with Crippen LogP contribution in [0.15, 0.2) is 24.3 Å². The van der Waals surface area contributed by atoms with Gasteiger partial charge in [-0.3, -0.25) is 4.90 Å². The predicted octanol–water partition coefficient (Wildman–Crippen LogP) is 2.42. The smallest absolute Gasteiger partial charge is 0.315 e. The van der Waals surface area contributed by atoms with Crippen molar-refractivity contribution >= 4 is 17.6 Å². The molecule has 1 aromatic rings. The highest BCUT2D eigenvalue weighted by molar-refractivity contribution is 6.30. The second kappa shape index (κ2) is 8.98.